The maximum absolute atomic E-state index is 11.2. The third-order valence-electron chi connectivity index (χ3n) is 2.33. The number of phenols is 1. The first kappa shape index (κ1) is 13.1. The molecule has 0 radical (unpaired) electrons. The molecular formula is C13H17NO3. The summed E-state index contributed by atoms with van der Waals surface area (Å²) < 4.78 is 5.00. The van der Waals surface area contributed by atoms with Crippen LogP contribution in [0, 0.1) is 0 Å². The minimum atomic E-state index is -0.143. The molecule has 1 rings (SSSR count). The predicted octanol–water partition coefficient (Wildman–Crippen LogP) is 1.64. The molecule has 0 heterocycles. The van der Waals surface area contributed by atoms with Gasteiger partial charge in [0.2, 0.25) is 5.91 Å². The molecule has 0 unspecified atom stereocenters. The van der Waals surface area contributed by atoms with E-state index in [4.69, 9.17) is 4.74 Å². The van der Waals surface area contributed by atoms with Crippen molar-refractivity contribution < 1.29 is 14.6 Å². The van der Waals surface area contributed by atoms with Crippen LogP contribution in [0.3, 0.4) is 0 Å². The van der Waals surface area contributed by atoms with Gasteiger partial charge in [-0.1, -0.05) is 12.6 Å². The summed E-state index contributed by atoms with van der Waals surface area (Å²) in [5.74, 6) is 0.409. The van der Waals surface area contributed by atoms with Gasteiger partial charge in [0.25, 0.3) is 0 Å². The van der Waals surface area contributed by atoms with Gasteiger partial charge in [-0.2, -0.15) is 0 Å². The highest BCUT2D eigenvalue weighted by atomic mass is 16.5. The first-order valence-corrected chi connectivity index (χ1v) is 5.34. The average Bonchev–Trinajstić information content (AvgIpc) is 2.31. The monoisotopic (exact) mass is 235 g/mol. The molecule has 1 aromatic rings. The van der Waals surface area contributed by atoms with E-state index in [2.05, 4.69) is 11.9 Å². The van der Waals surface area contributed by atoms with Gasteiger partial charge in [0.15, 0.2) is 11.5 Å². The fraction of sp³-hybridized carbons (Fsp3) is 0.308. The van der Waals surface area contributed by atoms with Gasteiger partial charge >= 0.3 is 0 Å². The van der Waals surface area contributed by atoms with E-state index in [1.54, 1.807) is 25.1 Å². The molecule has 1 aromatic carbocycles. The minimum absolute atomic E-state index is 0.113. The zero-order chi connectivity index (χ0) is 12.8. The minimum Gasteiger partial charge on any atom is -0.504 e. The Bertz CT molecular complexity index is 427. The van der Waals surface area contributed by atoms with Gasteiger partial charge in [-0.05, 0) is 31.0 Å². The number of nitrogens with one attached hydrogen (secondary N) is 1. The van der Waals surface area contributed by atoms with Crippen molar-refractivity contribution in [3.05, 3.63) is 35.9 Å². The summed E-state index contributed by atoms with van der Waals surface area (Å²) in [6.45, 7) is 5.75. The highest BCUT2D eigenvalue weighted by Gasteiger charge is 2.04. The van der Waals surface area contributed by atoms with E-state index >= 15 is 0 Å². The van der Waals surface area contributed by atoms with Gasteiger partial charge in [0.1, 0.15) is 0 Å². The van der Waals surface area contributed by atoms with Crippen molar-refractivity contribution in [1.29, 1.82) is 0 Å². The lowest BCUT2D eigenvalue weighted by molar-refractivity contribution is -0.117. The predicted molar refractivity (Wildman–Crippen MR) is 66.2 cm³/mol. The van der Waals surface area contributed by atoms with Crippen molar-refractivity contribution >= 4 is 5.91 Å². The molecule has 17 heavy (non-hydrogen) atoms. The lowest BCUT2D eigenvalue weighted by atomic mass is 10.1. The summed E-state index contributed by atoms with van der Waals surface area (Å²) in [6.07, 6.45) is 0.676. The molecule has 0 aliphatic heterocycles. The Balaban J connectivity index is 2.52. The van der Waals surface area contributed by atoms with Crippen LogP contribution in [0.1, 0.15) is 12.5 Å². The van der Waals surface area contributed by atoms with E-state index in [0.717, 1.165) is 5.56 Å². The number of carbonyl (C=O) groups excluding carboxylic acids is 1. The second-order valence-electron chi connectivity index (χ2n) is 3.79. The van der Waals surface area contributed by atoms with E-state index in [1.807, 2.05) is 0 Å². The molecule has 0 bridgehead atoms. The zero-order valence-electron chi connectivity index (χ0n) is 10.1. The Morgan fingerprint density at radius 1 is 1.53 bits per heavy atom. The number of carbonyl (C=O) groups is 1. The van der Waals surface area contributed by atoms with Crippen LogP contribution in [0.15, 0.2) is 30.4 Å². The lowest BCUT2D eigenvalue weighted by Crippen LogP contribution is -2.25. The van der Waals surface area contributed by atoms with E-state index in [1.165, 1.54) is 7.11 Å². The summed E-state index contributed by atoms with van der Waals surface area (Å²) in [5, 5.41) is 12.2. The van der Waals surface area contributed by atoms with Gasteiger partial charge in [0.05, 0.1) is 7.11 Å². The number of hydrogen-bond acceptors (Lipinski definition) is 3. The summed E-state index contributed by atoms with van der Waals surface area (Å²) in [5.41, 5.74) is 1.48. The van der Waals surface area contributed by atoms with Crippen LogP contribution in [0.5, 0.6) is 11.5 Å². The SMILES string of the molecule is C=C(C)C(=O)NCCc1ccc(O)c(OC)c1. The van der Waals surface area contributed by atoms with Crippen LogP contribution in [-0.2, 0) is 11.2 Å². The normalized spacial score (nSPS) is 9.76. The number of benzene rings is 1. The molecule has 4 heteroatoms. The maximum Gasteiger partial charge on any atom is 0.246 e. The molecule has 4 nitrogen and oxygen atoms in total. The van der Waals surface area contributed by atoms with Gasteiger partial charge in [-0.3, -0.25) is 4.79 Å². The smallest absolute Gasteiger partial charge is 0.246 e. The van der Waals surface area contributed by atoms with Crippen molar-refractivity contribution in [2.45, 2.75) is 13.3 Å². The maximum atomic E-state index is 11.2. The summed E-state index contributed by atoms with van der Waals surface area (Å²) in [7, 11) is 1.50. The third-order valence-corrected chi connectivity index (χ3v) is 2.33. The number of aromatic hydroxyl groups is 1. The van der Waals surface area contributed by atoms with Crippen LogP contribution >= 0.6 is 0 Å². The second kappa shape index (κ2) is 5.94. The largest absolute Gasteiger partial charge is 0.504 e. The molecular weight excluding hydrogens is 218 g/mol. The first-order chi connectivity index (χ1) is 8.04. The van der Waals surface area contributed by atoms with Gasteiger partial charge in [-0.25, -0.2) is 0 Å². The van der Waals surface area contributed by atoms with Crippen LogP contribution in [0.4, 0.5) is 0 Å². The Labute approximate surface area is 101 Å². The van der Waals surface area contributed by atoms with Crippen LogP contribution in [-0.4, -0.2) is 24.7 Å². The number of hydrogen-bond donors (Lipinski definition) is 2. The van der Waals surface area contributed by atoms with Gasteiger partial charge in [-0.15, -0.1) is 0 Å². The van der Waals surface area contributed by atoms with Crippen LogP contribution in [0.2, 0.25) is 0 Å². The molecule has 0 aromatic heterocycles. The highest BCUT2D eigenvalue weighted by molar-refractivity contribution is 5.92. The quantitative estimate of drug-likeness (QED) is 0.763. The van der Waals surface area contributed by atoms with Crippen molar-refractivity contribution in [1.82, 2.24) is 5.32 Å². The van der Waals surface area contributed by atoms with E-state index < -0.39 is 0 Å². The zero-order valence-corrected chi connectivity index (χ0v) is 10.1. The molecule has 1 amide bonds. The van der Waals surface area contributed by atoms with Crippen molar-refractivity contribution in [2.75, 3.05) is 13.7 Å². The Morgan fingerprint density at radius 2 is 2.24 bits per heavy atom. The Morgan fingerprint density at radius 3 is 2.82 bits per heavy atom. The summed E-state index contributed by atoms with van der Waals surface area (Å²) in [4.78, 5) is 11.2. The molecule has 92 valence electrons. The standard InChI is InChI=1S/C13H17NO3/c1-9(2)13(16)14-7-6-10-4-5-11(15)12(8-10)17-3/h4-5,8,15H,1,6-7H2,2-3H3,(H,14,16). The van der Waals surface area contributed by atoms with Crippen LogP contribution in [0.25, 0.3) is 0 Å². The van der Waals surface area contributed by atoms with E-state index in [0.29, 0.717) is 24.3 Å². The molecule has 2 N–H and O–H groups in total. The van der Waals surface area contributed by atoms with E-state index in [-0.39, 0.29) is 11.7 Å². The Kier molecular flexibility index (Phi) is 4.57. The fourth-order valence-electron chi connectivity index (χ4n) is 1.35. The Hall–Kier alpha value is -1.97. The third kappa shape index (κ3) is 3.83. The molecule has 0 atom stereocenters. The van der Waals surface area contributed by atoms with Crippen LogP contribution < -0.4 is 10.1 Å². The number of rotatable bonds is 5. The lowest BCUT2D eigenvalue weighted by Gasteiger charge is -2.07. The first-order valence-electron chi connectivity index (χ1n) is 5.34. The second-order valence-corrected chi connectivity index (χ2v) is 3.79. The topological polar surface area (TPSA) is 58.6 Å². The van der Waals surface area contributed by atoms with Crippen molar-refractivity contribution in [2.24, 2.45) is 0 Å². The molecule has 0 aliphatic rings. The van der Waals surface area contributed by atoms with E-state index in [9.17, 15) is 9.90 Å². The van der Waals surface area contributed by atoms with Gasteiger partial charge < -0.3 is 15.2 Å². The number of ether oxygens (including phenoxy) is 1. The molecule has 0 saturated heterocycles. The molecule has 0 saturated carbocycles. The van der Waals surface area contributed by atoms with Crippen molar-refractivity contribution in [3.63, 3.8) is 0 Å². The van der Waals surface area contributed by atoms with Crippen molar-refractivity contribution in [3.8, 4) is 11.5 Å². The average molecular weight is 235 g/mol. The van der Waals surface area contributed by atoms with Gasteiger partial charge in [0, 0.05) is 12.1 Å². The molecule has 0 fully saturated rings. The number of methoxy groups -OCH3 is 1. The summed E-state index contributed by atoms with van der Waals surface area (Å²) in [6, 6.07) is 5.13. The molecule has 0 aliphatic carbocycles. The summed E-state index contributed by atoms with van der Waals surface area (Å²) >= 11 is 0. The highest BCUT2D eigenvalue weighted by Crippen LogP contribution is 2.26. The fourth-order valence-corrected chi connectivity index (χ4v) is 1.35. The molecule has 0 spiro atoms. The number of phenolic OH excluding ortho intramolecular Hbond substituents is 1. The number of amides is 1.